The van der Waals surface area contributed by atoms with Gasteiger partial charge in [-0.1, -0.05) is 13.3 Å². The molecule has 0 amide bonds. The molecule has 3 aliphatic rings. The summed E-state index contributed by atoms with van der Waals surface area (Å²) >= 11 is 0. The van der Waals surface area contributed by atoms with Gasteiger partial charge >= 0.3 is 1.43 Å². The third kappa shape index (κ3) is 3.85. The first-order valence-electron chi connectivity index (χ1n) is 9.75. The summed E-state index contributed by atoms with van der Waals surface area (Å²) in [5.74, 6) is 0. The molecule has 3 aliphatic carbocycles. The van der Waals surface area contributed by atoms with Gasteiger partial charge in [0, 0.05) is 7.26 Å². The average molecular weight is 334 g/mol. The van der Waals surface area contributed by atoms with Gasteiger partial charge in [-0.05, 0) is 83.5 Å². The molecule has 132 valence electrons. The van der Waals surface area contributed by atoms with Gasteiger partial charge in [0.1, 0.15) is 0 Å². The lowest BCUT2D eigenvalue weighted by Crippen LogP contribution is -3.00. The van der Waals surface area contributed by atoms with Gasteiger partial charge < -0.3 is 9.41 Å². The number of hydrogen-bond donors (Lipinski definition) is 0. The van der Waals surface area contributed by atoms with Crippen molar-refractivity contribution in [2.24, 2.45) is 0 Å². The Kier molecular flexibility index (Phi) is 8.83. The van der Waals surface area contributed by atoms with E-state index in [4.69, 9.17) is 0 Å². The summed E-state index contributed by atoms with van der Waals surface area (Å²) in [6.07, 6.45) is 23.9. The van der Waals surface area contributed by atoms with E-state index in [9.17, 15) is 0 Å². The minimum atomic E-state index is -0.656. The molecule has 0 heterocycles. The molecule has 3 saturated carbocycles. The van der Waals surface area contributed by atoms with E-state index in [0.29, 0.717) is 0 Å². The maximum atomic E-state index is 2.42. The molecule has 0 atom stereocenters. The summed E-state index contributed by atoms with van der Waals surface area (Å²) in [6, 6.07) is 0. The Balaban J connectivity index is 0.00000161. The van der Waals surface area contributed by atoms with Crippen molar-refractivity contribution in [3.05, 3.63) is 0 Å². The van der Waals surface area contributed by atoms with Crippen molar-refractivity contribution in [1.82, 2.24) is 0 Å². The van der Waals surface area contributed by atoms with Crippen molar-refractivity contribution in [3.8, 4) is 0 Å². The highest BCUT2D eigenvalue weighted by atomic mass is 31.2. The maximum Gasteiger partial charge on any atom is 1.00 e. The van der Waals surface area contributed by atoms with Gasteiger partial charge in [-0.2, -0.15) is 0 Å². The summed E-state index contributed by atoms with van der Waals surface area (Å²) in [6.45, 7) is 2.42. The van der Waals surface area contributed by atoms with Gasteiger partial charge in [0.2, 0.25) is 0 Å². The fraction of sp³-hybridized carbons (Fsp3) is 1.00. The zero-order valence-corrected chi connectivity index (χ0v) is 15.4. The summed E-state index contributed by atoms with van der Waals surface area (Å²) in [5, 5.41) is 0. The first-order valence-corrected chi connectivity index (χ1v) is 11.9. The normalized spacial score (nSPS) is 24.4. The van der Waals surface area contributed by atoms with Gasteiger partial charge in [0.15, 0.2) is 0 Å². The van der Waals surface area contributed by atoms with Crippen molar-refractivity contribution < 1.29 is 10.8 Å². The lowest BCUT2D eigenvalue weighted by Gasteiger charge is -2.42. The summed E-state index contributed by atoms with van der Waals surface area (Å²) in [7, 11) is -0.656. The second-order valence-electron chi connectivity index (χ2n) is 7.89. The molecular formula is C19H37F2P. The van der Waals surface area contributed by atoms with E-state index in [2.05, 4.69) is 6.92 Å². The van der Waals surface area contributed by atoms with Crippen LogP contribution in [0.2, 0.25) is 0 Å². The molecule has 0 spiro atoms. The molecular weight excluding hydrogens is 297 g/mol. The average Bonchev–Trinajstić information content (AvgIpc) is 3.23. The largest absolute Gasteiger partial charge is 1.00 e. The van der Waals surface area contributed by atoms with Crippen LogP contribution >= 0.6 is 7.26 Å². The third-order valence-corrected chi connectivity index (χ3v) is 13.6. The molecule has 3 rings (SSSR count). The fourth-order valence-electron chi connectivity index (χ4n) is 6.03. The molecule has 3 heteroatoms. The molecule has 0 radical (unpaired) electrons. The van der Waals surface area contributed by atoms with Gasteiger partial charge in [-0.3, -0.25) is 0 Å². The first kappa shape index (κ1) is 20.3. The van der Waals surface area contributed by atoms with Crippen molar-refractivity contribution >= 4 is 7.26 Å². The van der Waals surface area contributed by atoms with Crippen molar-refractivity contribution in [2.45, 2.75) is 114 Å². The molecule has 0 N–H and O–H groups in total. The van der Waals surface area contributed by atoms with Crippen LogP contribution in [0.25, 0.3) is 0 Å². The number of halogens is 2. The Morgan fingerprint density at radius 1 is 0.682 bits per heavy atom. The lowest BCUT2D eigenvalue weighted by atomic mass is 10.3. The predicted molar refractivity (Wildman–Crippen MR) is 94.6 cm³/mol. The van der Waals surface area contributed by atoms with E-state index in [1.807, 2.05) is 0 Å². The second-order valence-corrected chi connectivity index (χ2v) is 12.5. The summed E-state index contributed by atoms with van der Waals surface area (Å²) in [5.41, 5.74) is 3.67. The summed E-state index contributed by atoms with van der Waals surface area (Å²) < 4.78 is 0. The number of unbranched alkanes of at least 4 members (excludes halogenated alkanes) is 1. The zero-order chi connectivity index (χ0) is 13.8. The van der Waals surface area contributed by atoms with Crippen LogP contribution in [0.1, 0.15) is 98.2 Å². The minimum Gasteiger partial charge on any atom is -1.00 e. The van der Waals surface area contributed by atoms with E-state index in [1.165, 1.54) is 23.4 Å². The van der Waals surface area contributed by atoms with Crippen LogP contribution in [0.4, 0.5) is 0 Å². The van der Waals surface area contributed by atoms with Gasteiger partial charge in [0.25, 0.3) is 0 Å². The van der Waals surface area contributed by atoms with E-state index >= 15 is 0 Å². The van der Waals surface area contributed by atoms with Crippen molar-refractivity contribution in [2.75, 3.05) is 6.16 Å². The van der Waals surface area contributed by atoms with Crippen LogP contribution in [0.3, 0.4) is 0 Å². The Bertz CT molecular complexity index is 255. The molecule has 0 bridgehead atoms. The van der Waals surface area contributed by atoms with E-state index in [1.54, 1.807) is 89.6 Å². The minimum absolute atomic E-state index is 0. The molecule has 22 heavy (non-hydrogen) atoms. The predicted octanol–water partition coefficient (Wildman–Crippen LogP) is 0.752. The van der Waals surface area contributed by atoms with Gasteiger partial charge in [0.05, 0.1) is 23.1 Å². The molecule has 0 unspecified atom stereocenters. The van der Waals surface area contributed by atoms with Gasteiger partial charge in [-0.15, -0.1) is 0 Å². The van der Waals surface area contributed by atoms with Crippen LogP contribution in [-0.4, -0.2) is 23.1 Å². The van der Waals surface area contributed by atoms with Gasteiger partial charge in [-0.25, -0.2) is 0 Å². The summed E-state index contributed by atoms with van der Waals surface area (Å²) in [4.78, 5) is 0. The second kappa shape index (κ2) is 9.55. The highest BCUT2D eigenvalue weighted by Crippen LogP contribution is 2.78. The molecule has 0 aliphatic heterocycles. The van der Waals surface area contributed by atoms with Crippen molar-refractivity contribution in [3.63, 3.8) is 0 Å². The first-order chi connectivity index (χ1) is 9.88. The molecule has 0 saturated heterocycles. The van der Waals surface area contributed by atoms with Crippen LogP contribution in [-0.2, 0) is 0 Å². The third-order valence-electron chi connectivity index (χ3n) is 6.91. The molecule has 0 aromatic rings. The van der Waals surface area contributed by atoms with Crippen LogP contribution in [0.5, 0.6) is 0 Å². The molecule has 0 nitrogen and oxygen atoms in total. The van der Waals surface area contributed by atoms with Crippen molar-refractivity contribution in [1.29, 1.82) is 0 Å². The van der Waals surface area contributed by atoms with E-state index in [-0.39, 0.29) is 10.8 Å². The Hall–Kier alpha value is 0.290. The van der Waals surface area contributed by atoms with Crippen LogP contribution < -0.4 is 9.41 Å². The maximum absolute atomic E-state index is 2.42. The fourth-order valence-corrected chi connectivity index (χ4v) is 13.8. The number of rotatable bonds is 6. The van der Waals surface area contributed by atoms with Crippen LogP contribution in [0.15, 0.2) is 0 Å². The molecule has 0 aromatic carbocycles. The highest BCUT2D eigenvalue weighted by Gasteiger charge is 2.57. The van der Waals surface area contributed by atoms with E-state index in [0.717, 1.165) is 0 Å². The highest BCUT2D eigenvalue weighted by molar-refractivity contribution is 7.77. The smallest absolute Gasteiger partial charge is 1.00 e. The topological polar surface area (TPSA) is 0 Å². The van der Waals surface area contributed by atoms with E-state index < -0.39 is 7.26 Å². The lowest BCUT2D eigenvalue weighted by molar-refractivity contribution is -0.00100. The standard InChI is InChI=1S/C19H36P.2FH/c1-2-3-16-20(17-10-4-5-11-17,18-12-6-7-13-18)19-14-8-9-15-19;;/h17-19H,2-16H2,1H3;2*1H/q+1;;/p-1. The number of hydrogen-bond acceptors (Lipinski definition) is 0. The van der Waals surface area contributed by atoms with Crippen LogP contribution in [0, 0.1) is 0 Å². The quantitative estimate of drug-likeness (QED) is 0.629. The Morgan fingerprint density at radius 3 is 1.27 bits per heavy atom. The molecule has 0 aromatic heterocycles. The SMILES string of the molecule is CCCC[P+](C1CCCC1)(C1CCCC1)C1CCCC1.[F-].[F-].[H+]. The molecule has 3 fully saturated rings. The monoisotopic (exact) mass is 334 g/mol. The Morgan fingerprint density at radius 2 is 1.00 bits per heavy atom. The zero-order valence-electron chi connectivity index (χ0n) is 15.5. The Labute approximate surface area is 138 Å².